The van der Waals surface area contributed by atoms with Gasteiger partial charge in [-0.2, -0.15) is 0 Å². The van der Waals surface area contributed by atoms with E-state index < -0.39 is 5.41 Å². The van der Waals surface area contributed by atoms with Crippen molar-refractivity contribution in [2.24, 2.45) is 0 Å². The van der Waals surface area contributed by atoms with E-state index in [4.69, 9.17) is 4.74 Å². The maximum absolute atomic E-state index is 12.7. The molecule has 1 amide bonds. The highest BCUT2D eigenvalue weighted by molar-refractivity contribution is 5.88. The van der Waals surface area contributed by atoms with E-state index in [0.717, 1.165) is 24.4 Å². The minimum absolute atomic E-state index is 0.0457. The van der Waals surface area contributed by atoms with Crippen LogP contribution in [-0.4, -0.2) is 43.1 Å². The van der Waals surface area contributed by atoms with Crippen molar-refractivity contribution < 1.29 is 9.53 Å². The predicted molar refractivity (Wildman–Crippen MR) is 92.2 cm³/mol. The number of anilines is 1. The molecule has 1 aromatic heterocycles. The molecule has 1 aromatic carbocycles. The molecule has 6 nitrogen and oxygen atoms in total. The summed E-state index contributed by atoms with van der Waals surface area (Å²) in [7, 11) is 3.33. The largest absolute Gasteiger partial charge is 0.497 e. The molecule has 1 aliphatic rings. The van der Waals surface area contributed by atoms with Crippen LogP contribution in [0.3, 0.4) is 0 Å². The molecule has 2 aromatic rings. The average Bonchev–Trinajstić information content (AvgIpc) is 2.68. The zero-order valence-corrected chi connectivity index (χ0v) is 14.0. The van der Waals surface area contributed by atoms with Crippen molar-refractivity contribution in [3.63, 3.8) is 0 Å². The second-order valence-corrected chi connectivity index (χ2v) is 5.93. The van der Waals surface area contributed by atoms with Crippen LogP contribution in [0.4, 0.5) is 5.95 Å². The van der Waals surface area contributed by atoms with Crippen molar-refractivity contribution in [2.75, 3.05) is 32.1 Å². The lowest BCUT2D eigenvalue weighted by atomic mass is 9.72. The Hall–Kier alpha value is -2.63. The number of ether oxygens (including phenoxy) is 1. The first-order valence-electron chi connectivity index (χ1n) is 8.08. The van der Waals surface area contributed by atoms with Gasteiger partial charge in [0, 0.05) is 32.5 Å². The fourth-order valence-electron chi connectivity index (χ4n) is 3.35. The van der Waals surface area contributed by atoms with Crippen LogP contribution in [0.15, 0.2) is 42.7 Å². The van der Waals surface area contributed by atoms with Gasteiger partial charge in [0.1, 0.15) is 5.75 Å². The van der Waals surface area contributed by atoms with Gasteiger partial charge >= 0.3 is 0 Å². The molecule has 0 aliphatic carbocycles. The minimum atomic E-state index is -0.547. The number of carbonyl (C=O) groups excluding carboxylic acids is 1. The highest BCUT2D eigenvalue weighted by Gasteiger charge is 2.43. The Balaban J connectivity index is 1.88. The normalized spacial score (nSPS) is 16.5. The summed E-state index contributed by atoms with van der Waals surface area (Å²) < 4.78 is 5.33. The summed E-state index contributed by atoms with van der Waals surface area (Å²) in [5, 5.41) is 2.84. The van der Waals surface area contributed by atoms with Gasteiger partial charge in [-0.15, -0.1) is 0 Å². The Morgan fingerprint density at radius 1 is 1.21 bits per heavy atom. The maximum atomic E-state index is 12.7. The molecular formula is C18H22N4O2. The standard InChI is InChI=1S/C18H22N4O2/c1-19-16(23)18(14-5-3-6-15(13-14)24-2)7-11-22(12-8-18)17-20-9-4-10-21-17/h3-6,9-10,13H,7-8,11-12H2,1-2H3,(H,19,23). The lowest BCUT2D eigenvalue weighted by Crippen LogP contribution is -2.51. The molecule has 1 fully saturated rings. The number of aromatic nitrogens is 2. The van der Waals surface area contributed by atoms with Gasteiger partial charge in [0.15, 0.2) is 0 Å². The molecule has 126 valence electrons. The van der Waals surface area contributed by atoms with Crippen molar-refractivity contribution in [1.29, 1.82) is 0 Å². The fourth-order valence-corrected chi connectivity index (χ4v) is 3.35. The molecule has 0 unspecified atom stereocenters. The van der Waals surface area contributed by atoms with Gasteiger partial charge in [-0.25, -0.2) is 9.97 Å². The van der Waals surface area contributed by atoms with Crippen molar-refractivity contribution in [1.82, 2.24) is 15.3 Å². The minimum Gasteiger partial charge on any atom is -0.497 e. The fraction of sp³-hybridized carbons (Fsp3) is 0.389. The van der Waals surface area contributed by atoms with Crippen molar-refractivity contribution in [2.45, 2.75) is 18.3 Å². The monoisotopic (exact) mass is 326 g/mol. The van der Waals surface area contributed by atoms with Crippen molar-refractivity contribution >= 4 is 11.9 Å². The van der Waals surface area contributed by atoms with Gasteiger partial charge < -0.3 is 15.0 Å². The SMILES string of the molecule is CNC(=O)C1(c2cccc(OC)c2)CCN(c2ncccn2)CC1. The number of hydrogen-bond acceptors (Lipinski definition) is 5. The summed E-state index contributed by atoms with van der Waals surface area (Å²) in [5.41, 5.74) is 0.448. The Bertz CT molecular complexity index is 697. The number of amides is 1. The topological polar surface area (TPSA) is 67.3 Å². The van der Waals surface area contributed by atoms with Crippen LogP contribution >= 0.6 is 0 Å². The summed E-state index contributed by atoms with van der Waals surface area (Å²) >= 11 is 0. The van der Waals surface area contributed by atoms with Crippen molar-refractivity contribution in [3.8, 4) is 5.75 Å². The third kappa shape index (κ3) is 2.91. The molecule has 0 saturated carbocycles. The molecule has 6 heteroatoms. The first kappa shape index (κ1) is 16.2. The third-order valence-electron chi connectivity index (χ3n) is 4.74. The zero-order chi connectivity index (χ0) is 17.0. The van der Waals surface area contributed by atoms with E-state index in [2.05, 4.69) is 20.2 Å². The molecular weight excluding hydrogens is 304 g/mol. The summed E-state index contributed by atoms with van der Waals surface area (Å²) in [4.78, 5) is 23.5. The van der Waals surface area contributed by atoms with E-state index in [1.54, 1.807) is 32.6 Å². The highest BCUT2D eigenvalue weighted by Crippen LogP contribution is 2.37. The van der Waals surface area contributed by atoms with Crippen LogP contribution in [0, 0.1) is 0 Å². The predicted octanol–water partition coefficient (Wildman–Crippen LogP) is 1.77. The number of methoxy groups -OCH3 is 1. The van der Waals surface area contributed by atoms with Gasteiger partial charge in [-0.1, -0.05) is 12.1 Å². The number of carbonyl (C=O) groups is 1. The summed E-state index contributed by atoms with van der Waals surface area (Å²) in [6.45, 7) is 1.46. The average molecular weight is 326 g/mol. The van der Waals surface area contributed by atoms with Crippen LogP contribution < -0.4 is 15.0 Å². The Labute approximate surface area is 141 Å². The molecule has 1 saturated heterocycles. The molecule has 3 rings (SSSR count). The quantitative estimate of drug-likeness (QED) is 0.927. The second kappa shape index (κ2) is 6.86. The molecule has 2 heterocycles. The Morgan fingerprint density at radius 3 is 2.54 bits per heavy atom. The van der Waals surface area contributed by atoms with Crippen LogP contribution in [0.2, 0.25) is 0 Å². The molecule has 1 aliphatic heterocycles. The third-order valence-corrected chi connectivity index (χ3v) is 4.74. The molecule has 24 heavy (non-hydrogen) atoms. The first-order chi connectivity index (χ1) is 11.7. The van der Waals surface area contributed by atoms with Crippen molar-refractivity contribution in [3.05, 3.63) is 48.3 Å². The Morgan fingerprint density at radius 2 is 1.92 bits per heavy atom. The number of benzene rings is 1. The van der Waals surface area contributed by atoms with E-state index in [9.17, 15) is 4.79 Å². The number of nitrogens with one attached hydrogen (secondary N) is 1. The van der Waals surface area contributed by atoms with Crippen LogP contribution in [0.5, 0.6) is 5.75 Å². The summed E-state index contributed by atoms with van der Waals surface area (Å²) in [5.74, 6) is 1.53. The summed E-state index contributed by atoms with van der Waals surface area (Å²) in [6.07, 6.45) is 4.90. The van der Waals surface area contributed by atoms with E-state index in [1.165, 1.54) is 0 Å². The van der Waals surface area contributed by atoms with E-state index in [1.807, 2.05) is 24.3 Å². The smallest absolute Gasteiger partial charge is 0.230 e. The van der Waals surface area contributed by atoms with Gasteiger partial charge in [-0.3, -0.25) is 4.79 Å². The lowest BCUT2D eigenvalue weighted by Gasteiger charge is -2.40. The van der Waals surface area contributed by atoms with Gasteiger partial charge in [0.05, 0.1) is 12.5 Å². The summed E-state index contributed by atoms with van der Waals surface area (Å²) in [6, 6.07) is 9.61. The van der Waals surface area contributed by atoms with Gasteiger partial charge in [0.2, 0.25) is 11.9 Å². The van der Waals surface area contributed by atoms with E-state index in [0.29, 0.717) is 18.8 Å². The van der Waals surface area contributed by atoms with Gasteiger partial charge in [0.25, 0.3) is 0 Å². The first-order valence-corrected chi connectivity index (χ1v) is 8.08. The molecule has 0 radical (unpaired) electrons. The zero-order valence-electron chi connectivity index (χ0n) is 14.0. The molecule has 1 N–H and O–H groups in total. The van der Waals surface area contributed by atoms with Crippen LogP contribution in [0.1, 0.15) is 18.4 Å². The number of piperidine rings is 1. The molecule has 0 bridgehead atoms. The number of likely N-dealkylation sites (N-methyl/N-ethyl adjacent to an activating group) is 1. The molecule has 0 atom stereocenters. The van der Waals surface area contributed by atoms with Crippen LogP contribution in [0.25, 0.3) is 0 Å². The van der Waals surface area contributed by atoms with E-state index >= 15 is 0 Å². The number of nitrogens with zero attached hydrogens (tertiary/aromatic N) is 3. The van der Waals surface area contributed by atoms with Gasteiger partial charge in [-0.05, 0) is 36.6 Å². The lowest BCUT2D eigenvalue weighted by molar-refractivity contribution is -0.127. The maximum Gasteiger partial charge on any atom is 0.230 e. The molecule has 0 spiro atoms. The van der Waals surface area contributed by atoms with E-state index in [-0.39, 0.29) is 5.91 Å². The number of hydrogen-bond donors (Lipinski definition) is 1. The second-order valence-electron chi connectivity index (χ2n) is 5.93. The van der Waals surface area contributed by atoms with Crippen LogP contribution in [-0.2, 0) is 10.2 Å². The Kier molecular flexibility index (Phi) is 4.64. The highest BCUT2D eigenvalue weighted by atomic mass is 16.5. The number of rotatable bonds is 4.